The van der Waals surface area contributed by atoms with Crippen LogP contribution in [0.25, 0.3) is 0 Å². The van der Waals surface area contributed by atoms with Crippen LogP contribution in [0.4, 0.5) is 0 Å². The first-order valence-corrected chi connectivity index (χ1v) is 7.01. The molecule has 114 valence electrons. The molecule has 0 fully saturated rings. The molecule has 6 heteroatoms. The van der Waals surface area contributed by atoms with Gasteiger partial charge in [0.25, 0.3) is 6.01 Å². The molecule has 1 aromatic heterocycles. The highest BCUT2D eigenvalue weighted by Gasteiger charge is 2.23. The van der Waals surface area contributed by atoms with Crippen LogP contribution in [-0.4, -0.2) is 26.2 Å². The summed E-state index contributed by atoms with van der Waals surface area (Å²) in [6.45, 7) is 1.73. The number of imidazole rings is 1. The van der Waals surface area contributed by atoms with E-state index in [0.29, 0.717) is 23.6 Å². The van der Waals surface area contributed by atoms with Gasteiger partial charge in [-0.15, -0.1) is 0 Å². The molecule has 0 saturated heterocycles. The van der Waals surface area contributed by atoms with Gasteiger partial charge in [0.2, 0.25) is 0 Å². The SMILES string of the molecule is CCCC(N)C(O)c1nc(Oc2ccccc2)[nH]c1CO. The quantitative estimate of drug-likeness (QED) is 0.623. The van der Waals surface area contributed by atoms with Gasteiger partial charge in [-0.3, -0.25) is 0 Å². The lowest BCUT2D eigenvalue weighted by atomic mass is 10.0. The Hall–Kier alpha value is -1.89. The topological polar surface area (TPSA) is 104 Å². The summed E-state index contributed by atoms with van der Waals surface area (Å²) in [6.07, 6.45) is 0.606. The fourth-order valence-corrected chi connectivity index (χ4v) is 2.11. The summed E-state index contributed by atoms with van der Waals surface area (Å²) >= 11 is 0. The normalized spacial score (nSPS) is 13.9. The standard InChI is InChI=1S/C15H21N3O3/c1-2-6-11(16)14(20)13-12(9-19)17-15(18-13)21-10-7-4-3-5-8-10/h3-5,7-8,11,14,19-20H,2,6,9,16H2,1H3,(H,17,18). The smallest absolute Gasteiger partial charge is 0.299 e. The van der Waals surface area contributed by atoms with E-state index in [9.17, 15) is 10.2 Å². The average Bonchev–Trinajstić information content (AvgIpc) is 2.90. The Balaban J connectivity index is 2.19. The predicted molar refractivity (Wildman–Crippen MR) is 78.9 cm³/mol. The second-order valence-electron chi connectivity index (χ2n) is 4.88. The second kappa shape index (κ2) is 7.21. The van der Waals surface area contributed by atoms with Gasteiger partial charge in [0, 0.05) is 6.04 Å². The van der Waals surface area contributed by atoms with Gasteiger partial charge in [-0.1, -0.05) is 31.5 Å². The number of hydrogen-bond acceptors (Lipinski definition) is 5. The molecule has 5 N–H and O–H groups in total. The Kier molecular flexibility index (Phi) is 5.32. The number of benzene rings is 1. The average molecular weight is 291 g/mol. The van der Waals surface area contributed by atoms with Crippen molar-refractivity contribution in [3.8, 4) is 11.8 Å². The van der Waals surface area contributed by atoms with Crippen molar-refractivity contribution in [3.05, 3.63) is 41.7 Å². The first-order valence-electron chi connectivity index (χ1n) is 7.01. The summed E-state index contributed by atoms with van der Waals surface area (Å²) in [7, 11) is 0. The molecule has 0 aliphatic rings. The van der Waals surface area contributed by atoms with Crippen LogP contribution in [0.5, 0.6) is 11.8 Å². The van der Waals surface area contributed by atoms with Crippen LogP contribution in [0.3, 0.4) is 0 Å². The molecule has 2 rings (SSSR count). The number of aromatic amines is 1. The van der Waals surface area contributed by atoms with Gasteiger partial charge in [-0.25, -0.2) is 0 Å². The molecular formula is C15H21N3O3. The van der Waals surface area contributed by atoms with Crippen LogP contribution >= 0.6 is 0 Å². The van der Waals surface area contributed by atoms with Crippen molar-refractivity contribution >= 4 is 0 Å². The Morgan fingerprint density at radius 3 is 2.67 bits per heavy atom. The lowest BCUT2D eigenvalue weighted by Crippen LogP contribution is -2.29. The molecule has 2 atom stereocenters. The third kappa shape index (κ3) is 3.81. The van der Waals surface area contributed by atoms with Crippen LogP contribution in [0.1, 0.15) is 37.3 Å². The van der Waals surface area contributed by atoms with E-state index in [1.807, 2.05) is 25.1 Å². The Morgan fingerprint density at radius 1 is 1.33 bits per heavy atom. The molecule has 0 saturated carbocycles. The van der Waals surface area contributed by atoms with Crippen molar-refractivity contribution in [1.29, 1.82) is 0 Å². The van der Waals surface area contributed by atoms with Gasteiger partial charge in [-0.05, 0) is 18.6 Å². The summed E-state index contributed by atoms with van der Waals surface area (Å²) in [5, 5.41) is 19.6. The maximum Gasteiger partial charge on any atom is 0.299 e. The van der Waals surface area contributed by atoms with Gasteiger partial charge in [0.05, 0.1) is 18.0 Å². The fraction of sp³-hybridized carbons (Fsp3) is 0.400. The lowest BCUT2D eigenvalue weighted by molar-refractivity contribution is 0.134. The second-order valence-corrected chi connectivity index (χ2v) is 4.88. The first-order chi connectivity index (χ1) is 10.2. The van der Waals surface area contributed by atoms with Crippen LogP contribution in [0.15, 0.2) is 30.3 Å². The molecule has 21 heavy (non-hydrogen) atoms. The third-order valence-corrected chi connectivity index (χ3v) is 3.21. The Morgan fingerprint density at radius 2 is 2.05 bits per heavy atom. The zero-order chi connectivity index (χ0) is 15.2. The largest absolute Gasteiger partial charge is 0.426 e. The summed E-state index contributed by atoms with van der Waals surface area (Å²) in [5.41, 5.74) is 6.67. The van der Waals surface area contributed by atoms with Crippen LogP contribution in [0, 0.1) is 0 Å². The third-order valence-electron chi connectivity index (χ3n) is 3.21. The first kappa shape index (κ1) is 15.5. The summed E-state index contributed by atoms with van der Waals surface area (Å²) in [5.74, 6) is 0.620. The number of para-hydroxylation sites is 1. The Bertz CT molecular complexity index is 557. The Labute approximate surface area is 123 Å². The number of H-pyrrole nitrogens is 1. The van der Waals surface area contributed by atoms with Crippen LogP contribution in [0.2, 0.25) is 0 Å². The summed E-state index contributed by atoms with van der Waals surface area (Å²) < 4.78 is 5.56. The molecule has 6 nitrogen and oxygen atoms in total. The van der Waals surface area contributed by atoms with Gasteiger partial charge >= 0.3 is 0 Å². The number of nitrogens with two attached hydrogens (primary N) is 1. The van der Waals surface area contributed by atoms with E-state index in [4.69, 9.17) is 10.5 Å². The van der Waals surface area contributed by atoms with E-state index in [-0.39, 0.29) is 12.6 Å². The molecule has 2 aromatic rings. The highest BCUT2D eigenvalue weighted by Crippen LogP contribution is 2.25. The van der Waals surface area contributed by atoms with E-state index in [2.05, 4.69) is 9.97 Å². The molecule has 2 unspecified atom stereocenters. The minimum atomic E-state index is -0.934. The maximum atomic E-state index is 10.2. The van der Waals surface area contributed by atoms with E-state index in [1.54, 1.807) is 12.1 Å². The van der Waals surface area contributed by atoms with Crippen molar-refractivity contribution in [2.45, 2.75) is 38.5 Å². The number of aromatic nitrogens is 2. The van der Waals surface area contributed by atoms with Crippen molar-refractivity contribution in [2.75, 3.05) is 0 Å². The van der Waals surface area contributed by atoms with Crippen LogP contribution in [-0.2, 0) is 6.61 Å². The number of hydrogen-bond donors (Lipinski definition) is 4. The molecule has 0 amide bonds. The number of nitrogens with one attached hydrogen (secondary N) is 1. The minimum Gasteiger partial charge on any atom is -0.426 e. The molecular weight excluding hydrogens is 270 g/mol. The van der Waals surface area contributed by atoms with Gasteiger partial charge in [0.15, 0.2) is 0 Å². The molecule has 0 bridgehead atoms. The van der Waals surface area contributed by atoms with E-state index in [1.165, 1.54) is 0 Å². The predicted octanol–water partition coefficient (Wildman–Crippen LogP) is 1.86. The monoisotopic (exact) mass is 291 g/mol. The number of ether oxygens (including phenoxy) is 1. The summed E-state index contributed by atoms with van der Waals surface area (Å²) in [4.78, 5) is 7.07. The van der Waals surface area contributed by atoms with Crippen LogP contribution < -0.4 is 10.5 Å². The summed E-state index contributed by atoms with van der Waals surface area (Å²) in [6, 6.07) is 8.96. The highest BCUT2D eigenvalue weighted by atomic mass is 16.5. The zero-order valence-electron chi connectivity index (χ0n) is 12.0. The number of aliphatic hydroxyl groups excluding tert-OH is 2. The number of nitrogens with zero attached hydrogens (tertiary/aromatic N) is 1. The van der Waals surface area contributed by atoms with E-state index < -0.39 is 12.1 Å². The van der Waals surface area contributed by atoms with Crippen molar-refractivity contribution in [3.63, 3.8) is 0 Å². The number of rotatable bonds is 7. The van der Waals surface area contributed by atoms with Crippen molar-refractivity contribution < 1.29 is 14.9 Å². The van der Waals surface area contributed by atoms with Gasteiger partial charge in [-0.2, -0.15) is 4.98 Å². The zero-order valence-corrected chi connectivity index (χ0v) is 12.0. The number of aliphatic hydroxyl groups is 2. The highest BCUT2D eigenvalue weighted by molar-refractivity contribution is 5.27. The fourth-order valence-electron chi connectivity index (χ4n) is 2.11. The van der Waals surface area contributed by atoms with Gasteiger partial charge < -0.3 is 25.7 Å². The molecule has 0 spiro atoms. The van der Waals surface area contributed by atoms with E-state index >= 15 is 0 Å². The maximum absolute atomic E-state index is 10.2. The van der Waals surface area contributed by atoms with Gasteiger partial charge in [0.1, 0.15) is 11.9 Å². The molecule has 0 aliphatic heterocycles. The van der Waals surface area contributed by atoms with E-state index in [0.717, 1.165) is 6.42 Å². The molecule has 0 aliphatic carbocycles. The molecule has 0 radical (unpaired) electrons. The molecule has 1 heterocycles. The molecule has 1 aromatic carbocycles. The van der Waals surface area contributed by atoms with Crippen molar-refractivity contribution in [2.24, 2.45) is 5.73 Å². The lowest BCUT2D eigenvalue weighted by Gasteiger charge is -2.17. The van der Waals surface area contributed by atoms with Crippen molar-refractivity contribution in [1.82, 2.24) is 9.97 Å². The minimum absolute atomic E-state index is 0.225.